The summed E-state index contributed by atoms with van der Waals surface area (Å²) in [7, 11) is 1.55. The van der Waals surface area contributed by atoms with E-state index in [1.807, 2.05) is 6.07 Å². The Kier molecular flexibility index (Phi) is 7.88. The molecule has 5 N–H and O–H groups in total. The number of rotatable bonds is 7. The smallest absolute Gasteiger partial charge is 0.180 e. The predicted octanol–water partition coefficient (Wildman–Crippen LogP) is 1.84. The number of aromatic nitrogens is 5. The van der Waals surface area contributed by atoms with E-state index in [1.165, 1.54) is 27.8 Å². The number of nitrogens with two attached hydrogens (primary N) is 1. The van der Waals surface area contributed by atoms with Crippen LogP contribution in [-0.2, 0) is 9.47 Å². The van der Waals surface area contributed by atoms with Crippen LogP contribution in [0, 0.1) is 0 Å². The molecule has 2 aliphatic heterocycles. The minimum absolute atomic E-state index is 0.382. The fourth-order valence-electron chi connectivity index (χ4n) is 4.37. The van der Waals surface area contributed by atoms with Crippen LogP contribution in [0.3, 0.4) is 0 Å². The molecule has 5 heterocycles. The maximum Gasteiger partial charge on any atom is 0.180 e. The first-order valence-electron chi connectivity index (χ1n) is 11.3. The molecule has 3 aromatic heterocycles. The SMILES string of the molecule is COC1[C@@H](Sc2cc(Cl)cnc2C2=CCNCC2)OC(CO)[C@H](O)[C@@H]1n1cc(-c2csc(N)n2)nn1. The molecule has 0 amide bonds. The lowest BCUT2D eigenvalue weighted by atomic mass is 9.97. The molecule has 0 aliphatic carbocycles. The summed E-state index contributed by atoms with van der Waals surface area (Å²) < 4.78 is 13.5. The standard InChI is InChI=1S/C22H26ClN7O4S2/c1-33-20-18(30-8-13(28-29-30)14-10-35-22(24)27-14)19(32)15(9-31)34-21(20)36-16-6-12(23)7-26-17(16)11-2-4-25-5-3-11/h2,6-8,10,15,18-21,25,31-32H,3-5,9H2,1H3,(H2,24,27)/t15?,18-,19-,20?,21+/m0/s1. The van der Waals surface area contributed by atoms with Crippen LogP contribution in [0.15, 0.2) is 34.8 Å². The Morgan fingerprint density at radius 3 is 2.97 bits per heavy atom. The second-order valence-corrected chi connectivity index (χ2v) is 10.8. The molecule has 1 saturated heterocycles. The first-order valence-corrected chi connectivity index (χ1v) is 13.4. The molecule has 3 aromatic rings. The minimum Gasteiger partial charge on any atom is -0.394 e. The Morgan fingerprint density at radius 2 is 2.28 bits per heavy atom. The van der Waals surface area contributed by atoms with Crippen LogP contribution in [0.25, 0.3) is 17.0 Å². The van der Waals surface area contributed by atoms with Gasteiger partial charge in [-0.3, -0.25) is 4.98 Å². The summed E-state index contributed by atoms with van der Waals surface area (Å²) in [5.41, 5.74) is 8.21. The Balaban J connectivity index is 1.48. The van der Waals surface area contributed by atoms with Crippen molar-refractivity contribution >= 4 is 45.4 Å². The van der Waals surface area contributed by atoms with Crippen LogP contribution in [0.4, 0.5) is 5.13 Å². The van der Waals surface area contributed by atoms with Crippen LogP contribution in [0.2, 0.25) is 5.02 Å². The molecule has 36 heavy (non-hydrogen) atoms. The highest BCUT2D eigenvalue weighted by atomic mass is 35.5. The minimum atomic E-state index is -1.10. The molecule has 0 spiro atoms. The van der Waals surface area contributed by atoms with Crippen LogP contribution in [0.5, 0.6) is 0 Å². The monoisotopic (exact) mass is 551 g/mol. The number of methoxy groups -OCH3 is 1. The molecular formula is C22H26ClN7O4S2. The molecule has 14 heteroatoms. The molecule has 0 aromatic carbocycles. The predicted molar refractivity (Wildman–Crippen MR) is 138 cm³/mol. The highest BCUT2D eigenvalue weighted by Crippen LogP contribution is 2.42. The number of hydrogen-bond acceptors (Lipinski definition) is 12. The Morgan fingerprint density at radius 1 is 1.42 bits per heavy atom. The molecule has 2 aliphatic rings. The van der Waals surface area contributed by atoms with Crippen molar-refractivity contribution in [2.75, 3.05) is 32.5 Å². The summed E-state index contributed by atoms with van der Waals surface area (Å²) in [6, 6.07) is 1.16. The van der Waals surface area contributed by atoms with E-state index in [9.17, 15) is 10.2 Å². The van der Waals surface area contributed by atoms with Gasteiger partial charge in [-0.15, -0.1) is 16.4 Å². The van der Waals surface area contributed by atoms with E-state index in [2.05, 4.69) is 31.7 Å². The summed E-state index contributed by atoms with van der Waals surface area (Å²) in [5, 5.41) is 35.6. The number of thioether (sulfide) groups is 1. The number of aliphatic hydroxyl groups is 2. The van der Waals surface area contributed by atoms with Crippen molar-refractivity contribution in [3.8, 4) is 11.4 Å². The van der Waals surface area contributed by atoms with Gasteiger partial charge in [0.25, 0.3) is 0 Å². The number of anilines is 1. The maximum atomic E-state index is 11.1. The van der Waals surface area contributed by atoms with Gasteiger partial charge >= 0.3 is 0 Å². The molecule has 0 radical (unpaired) electrons. The number of ether oxygens (including phenoxy) is 2. The Bertz CT molecular complexity index is 1240. The van der Waals surface area contributed by atoms with Gasteiger partial charge in [0.05, 0.1) is 23.5 Å². The van der Waals surface area contributed by atoms with Gasteiger partial charge in [0.1, 0.15) is 41.2 Å². The van der Waals surface area contributed by atoms with Gasteiger partial charge < -0.3 is 30.7 Å². The maximum absolute atomic E-state index is 11.1. The number of nitrogens with one attached hydrogen (secondary N) is 1. The summed E-state index contributed by atoms with van der Waals surface area (Å²) >= 11 is 9.01. The number of nitrogen functional groups attached to an aromatic ring is 1. The fraction of sp³-hybridized carbons (Fsp3) is 0.455. The lowest BCUT2D eigenvalue weighted by Crippen LogP contribution is -2.55. The molecule has 5 atom stereocenters. The zero-order valence-electron chi connectivity index (χ0n) is 19.3. The van der Waals surface area contributed by atoms with Crippen molar-refractivity contribution < 1.29 is 19.7 Å². The highest BCUT2D eigenvalue weighted by Gasteiger charge is 2.47. The van der Waals surface area contributed by atoms with E-state index in [4.69, 9.17) is 26.8 Å². The number of halogens is 1. The normalized spacial score (nSPS) is 26.7. The zero-order valence-corrected chi connectivity index (χ0v) is 21.7. The lowest BCUT2D eigenvalue weighted by Gasteiger charge is -2.43. The molecular weight excluding hydrogens is 526 g/mol. The number of thiazole rings is 1. The van der Waals surface area contributed by atoms with E-state index in [1.54, 1.807) is 24.9 Å². The molecule has 2 unspecified atom stereocenters. The molecule has 1 fully saturated rings. The number of aliphatic hydroxyl groups excluding tert-OH is 2. The second kappa shape index (κ2) is 11.1. The Hall–Kier alpha value is -2.10. The van der Waals surface area contributed by atoms with E-state index < -0.39 is 29.8 Å². The summed E-state index contributed by atoms with van der Waals surface area (Å²) in [5.74, 6) is 0. The number of nitrogens with zero attached hydrogens (tertiary/aromatic N) is 5. The topological polar surface area (TPSA) is 153 Å². The molecule has 5 rings (SSSR count). The van der Waals surface area contributed by atoms with Crippen molar-refractivity contribution in [3.05, 3.63) is 40.6 Å². The van der Waals surface area contributed by atoms with E-state index in [-0.39, 0.29) is 6.61 Å². The number of pyridine rings is 1. The van der Waals surface area contributed by atoms with Crippen LogP contribution in [0.1, 0.15) is 18.2 Å². The van der Waals surface area contributed by atoms with Crippen LogP contribution in [-0.4, -0.2) is 85.7 Å². The third kappa shape index (κ3) is 5.15. The highest BCUT2D eigenvalue weighted by molar-refractivity contribution is 7.99. The zero-order chi connectivity index (χ0) is 25.2. The molecule has 192 valence electrons. The first-order chi connectivity index (χ1) is 17.5. The van der Waals surface area contributed by atoms with Gasteiger partial charge in [0.2, 0.25) is 0 Å². The molecule has 0 saturated carbocycles. The van der Waals surface area contributed by atoms with Crippen molar-refractivity contribution in [2.24, 2.45) is 0 Å². The van der Waals surface area contributed by atoms with Crippen LogP contribution < -0.4 is 11.1 Å². The second-order valence-electron chi connectivity index (χ2n) is 8.36. The van der Waals surface area contributed by atoms with Gasteiger partial charge in [0.15, 0.2) is 5.13 Å². The van der Waals surface area contributed by atoms with Gasteiger partial charge in [-0.25, -0.2) is 9.67 Å². The third-order valence-corrected chi connectivity index (χ3v) is 8.18. The van der Waals surface area contributed by atoms with Crippen molar-refractivity contribution in [1.82, 2.24) is 30.3 Å². The average Bonchev–Trinajstić information content (AvgIpc) is 3.54. The van der Waals surface area contributed by atoms with Crippen LogP contribution >= 0.6 is 34.7 Å². The summed E-state index contributed by atoms with van der Waals surface area (Å²) in [6.07, 6.45) is 3.66. The average molecular weight is 552 g/mol. The van der Waals surface area contributed by atoms with Crippen molar-refractivity contribution in [1.29, 1.82) is 0 Å². The van der Waals surface area contributed by atoms with Gasteiger partial charge in [-0.1, -0.05) is 34.7 Å². The number of hydrogen-bond donors (Lipinski definition) is 4. The quantitative estimate of drug-likeness (QED) is 0.340. The fourth-order valence-corrected chi connectivity index (χ4v) is 6.49. The van der Waals surface area contributed by atoms with Crippen molar-refractivity contribution in [2.45, 2.75) is 41.1 Å². The Labute approximate surface area is 220 Å². The van der Waals surface area contributed by atoms with Gasteiger partial charge in [-0.05, 0) is 24.6 Å². The van der Waals surface area contributed by atoms with Gasteiger partial charge in [0, 0.05) is 30.1 Å². The van der Waals surface area contributed by atoms with E-state index >= 15 is 0 Å². The summed E-state index contributed by atoms with van der Waals surface area (Å²) in [4.78, 5) is 9.68. The third-order valence-electron chi connectivity index (χ3n) is 6.13. The molecule has 11 nitrogen and oxygen atoms in total. The van der Waals surface area contributed by atoms with E-state index in [0.717, 1.165) is 35.7 Å². The lowest BCUT2D eigenvalue weighted by molar-refractivity contribution is -0.186. The van der Waals surface area contributed by atoms with Gasteiger partial charge in [-0.2, -0.15) is 0 Å². The molecule has 0 bridgehead atoms. The largest absolute Gasteiger partial charge is 0.394 e. The van der Waals surface area contributed by atoms with Crippen molar-refractivity contribution in [3.63, 3.8) is 0 Å². The van der Waals surface area contributed by atoms with E-state index in [0.29, 0.717) is 21.5 Å². The summed E-state index contributed by atoms with van der Waals surface area (Å²) in [6.45, 7) is 1.25. The first kappa shape index (κ1) is 25.5.